The molecule has 0 aliphatic heterocycles. The fraction of sp³-hybridized carbons (Fsp3) is 0.500. The SMILES string of the molecule is COC(CS(=O)(=O)Nc1c(F)ccc(C)c1C(=O)O)C1CC1. The summed E-state index contributed by atoms with van der Waals surface area (Å²) in [4.78, 5) is 11.3. The third-order valence-electron chi connectivity index (χ3n) is 3.67. The van der Waals surface area contributed by atoms with E-state index in [-0.39, 0.29) is 22.8 Å². The molecule has 0 saturated heterocycles. The molecule has 1 aliphatic rings. The van der Waals surface area contributed by atoms with Gasteiger partial charge in [-0.05, 0) is 37.3 Å². The third-order valence-corrected chi connectivity index (χ3v) is 4.95. The van der Waals surface area contributed by atoms with Crippen molar-refractivity contribution in [3.63, 3.8) is 0 Å². The van der Waals surface area contributed by atoms with E-state index in [0.29, 0.717) is 0 Å². The molecule has 0 bridgehead atoms. The largest absolute Gasteiger partial charge is 0.478 e. The van der Waals surface area contributed by atoms with Crippen molar-refractivity contribution in [3.8, 4) is 0 Å². The number of halogens is 1. The molecular formula is C14H18FNO5S. The Bertz CT molecular complexity index is 685. The minimum Gasteiger partial charge on any atom is -0.478 e. The maximum atomic E-state index is 13.9. The van der Waals surface area contributed by atoms with Crippen LogP contribution in [0.4, 0.5) is 10.1 Å². The van der Waals surface area contributed by atoms with E-state index >= 15 is 0 Å². The van der Waals surface area contributed by atoms with E-state index in [4.69, 9.17) is 9.84 Å². The van der Waals surface area contributed by atoms with Crippen molar-refractivity contribution < 1.29 is 27.4 Å². The normalized spacial score (nSPS) is 16.3. The number of carboxylic acid groups (broad SMARTS) is 1. The van der Waals surface area contributed by atoms with Crippen molar-refractivity contribution in [2.45, 2.75) is 25.9 Å². The lowest BCUT2D eigenvalue weighted by molar-refractivity contribution is 0.0697. The second-order valence-corrected chi connectivity index (χ2v) is 7.18. The first-order chi connectivity index (χ1) is 10.2. The van der Waals surface area contributed by atoms with Crippen molar-refractivity contribution in [1.82, 2.24) is 0 Å². The Morgan fingerprint density at radius 1 is 1.50 bits per heavy atom. The molecule has 0 radical (unpaired) electrons. The summed E-state index contributed by atoms with van der Waals surface area (Å²) in [7, 11) is -2.50. The minimum atomic E-state index is -3.92. The average Bonchev–Trinajstić information content (AvgIpc) is 3.24. The molecule has 0 amide bonds. The first-order valence-electron chi connectivity index (χ1n) is 6.81. The Labute approximate surface area is 128 Å². The molecule has 2 rings (SSSR count). The molecular weight excluding hydrogens is 313 g/mol. The van der Waals surface area contributed by atoms with Gasteiger partial charge in [0.1, 0.15) is 5.82 Å². The van der Waals surface area contributed by atoms with Gasteiger partial charge in [0.2, 0.25) is 10.0 Å². The predicted molar refractivity (Wildman–Crippen MR) is 79.0 cm³/mol. The summed E-state index contributed by atoms with van der Waals surface area (Å²) in [5, 5.41) is 9.17. The van der Waals surface area contributed by atoms with E-state index < -0.39 is 33.6 Å². The number of carboxylic acids is 1. The first kappa shape index (κ1) is 16.7. The molecule has 1 fully saturated rings. The second-order valence-electron chi connectivity index (χ2n) is 5.41. The van der Waals surface area contributed by atoms with Crippen LogP contribution in [-0.2, 0) is 14.8 Å². The molecule has 6 nitrogen and oxygen atoms in total. The fourth-order valence-electron chi connectivity index (χ4n) is 2.33. The summed E-state index contributed by atoms with van der Waals surface area (Å²) in [5.74, 6) is -2.46. The highest BCUT2D eigenvalue weighted by molar-refractivity contribution is 7.92. The maximum Gasteiger partial charge on any atom is 0.338 e. The Balaban J connectivity index is 2.29. The molecule has 0 aromatic heterocycles. The molecule has 0 heterocycles. The van der Waals surface area contributed by atoms with Crippen molar-refractivity contribution in [2.75, 3.05) is 17.6 Å². The highest BCUT2D eigenvalue weighted by Gasteiger charge is 2.35. The standard InChI is InChI=1S/C14H18FNO5S/c1-8-3-6-10(15)13(12(8)14(17)18)16-22(19,20)7-11(21-2)9-4-5-9/h3,6,9,11,16H,4-5,7H2,1-2H3,(H,17,18). The average molecular weight is 331 g/mol. The number of sulfonamides is 1. The molecule has 1 aromatic carbocycles. The Kier molecular flexibility index (Phi) is 4.72. The van der Waals surface area contributed by atoms with E-state index in [1.165, 1.54) is 20.1 Å². The molecule has 22 heavy (non-hydrogen) atoms. The fourth-order valence-corrected chi connectivity index (χ4v) is 3.77. The molecule has 1 atom stereocenters. The van der Waals surface area contributed by atoms with E-state index in [1.807, 2.05) is 0 Å². The summed E-state index contributed by atoms with van der Waals surface area (Å²) >= 11 is 0. The van der Waals surface area contributed by atoms with Crippen molar-refractivity contribution in [3.05, 3.63) is 29.1 Å². The second kappa shape index (κ2) is 6.21. The number of benzene rings is 1. The number of aromatic carboxylic acids is 1. The van der Waals surface area contributed by atoms with Crippen LogP contribution in [-0.4, -0.2) is 38.5 Å². The van der Waals surface area contributed by atoms with Crippen molar-refractivity contribution >= 4 is 21.7 Å². The van der Waals surface area contributed by atoms with Crippen LogP contribution in [0.15, 0.2) is 12.1 Å². The van der Waals surface area contributed by atoms with Crippen LogP contribution in [0.1, 0.15) is 28.8 Å². The number of rotatable bonds is 7. The number of carbonyl (C=O) groups is 1. The smallest absolute Gasteiger partial charge is 0.338 e. The lowest BCUT2D eigenvalue weighted by Crippen LogP contribution is -2.30. The van der Waals surface area contributed by atoms with E-state index in [2.05, 4.69) is 4.72 Å². The zero-order valence-corrected chi connectivity index (χ0v) is 13.1. The number of anilines is 1. The van der Waals surface area contributed by atoms with Gasteiger partial charge in [-0.25, -0.2) is 17.6 Å². The van der Waals surface area contributed by atoms with Gasteiger partial charge in [0.25, 0.3) is 0 Å². The van der Waals surface area contributed by atoms with E-state index in [1.54, 1.807) is 0 Å². The van der Waals surface area contributed by atoms with Crippen molar-refractivity contribution in [2.24, 2.45) is 5.92 Å². The molecule has 2 N–H and O–H groups in total. The number of ether oxygens (including phenoxy) is 1. The number of hydrogen-bond donors (Lipinski definition) is 2. The van der Waals surface area contributed by atoms with Crippen molar-refractivity contribution in [1.29, 1.82) is 0 Å². The minimum absolute atomic E-state index is 0.183. The highest BCUT2D eigenvalue weighted by atomic mass is 32.2. The summed E-state index contributed by atoms with van der Waals surface area (Å²) in [6.45, 7) is 1.48. The third kappa shape index (κ3) is 3.75. The summed E-state index contributed by atoms with van der Waals surface area (Å²) in [6, 6.07) is 2.33. The molecule has 122 valence electrons. The number of nitrogens with one attached hydrogen (secondary N) is 1. The summed E-state index contributed by atoms with van der Waals surface area (Å²) < 4.78 is 45.5. The van der Waals surface area contributed by atoms with Gasteiger partial charge < -0.3 is 9.84 Å². The van der Waals surface area contributed by atoms with Gasteiger partial charge >= 0.3 is 5.97 Å². The summed E-state index contributed by atoms with van der Waals surface area (Å²) in [6.07, 6.45) is 1.32. The van der Waals surface area contributed by atoms with Gasteiger partial charge in [-0.3, -0.25) is 4.72 Å². The van der Waals surface area contributed by atoms with Gasteiger partial charge in [0.05, 0.1) is 23.1 Å². The molecule has 1 aromatic rings. The van der Waals surface area contributed by atoms with Crippen LogP contribution in [0.2, 0.25) is 0 Å². The topological polar surface area (TPSA) is 92.7 Å². The first-order valence-corrected chi connectivity index (χ1v) is 8.46. The molecule has 1 saturated carbocycles. The maximum absolute atomic E-state index is 13.9. The number of hydrogen-bond acceptors (Lipinski definition) is 4. The molecule has 0 spiro atoms. The summed E-state index contributed by atoms with van der Waals surface area (Å²) in [5.41, 5.74) is -0.640. The van der Waals surface area contributed by atoms with E-state index in [0.717, 1.165) is 18.9 Å². The number of aryl methyl sites for hydroxylation is 1. The van der Waals surface area contributed by atoms with Gasteiger partial charge in [0, 0.05) is 7.11 Å². The monoisotopic (exact) mass is 331 g/mol. The lowest BCUT2D eigenvalue weighted by atomic mass is 10.1. The number of methoxy groups -OCH3 is 1. The van der Waals surface area contributed by atoms with Gasteiger partial charge in [-0.1, -0.05) is 6.07 Å². The highest BCUT2D eigenvalue weighted by Crippen LogP contribution is 2.35. The van der Waals surface area contributed by atoms with Gasteiger partial charge in [0.15, 0.2) is 0 Å². The van der Waals surface area contributed by atoms with Crippen LogP contribution in [0.5, 0.6) is 0 Å². The van der Waals surface area contributed by atoms with Gasteiger partial charge in [-0.15, -0.1) is 0 Å². The Morgan fingerprint density at radius 3 is 2.64 bits per heavy atom. The van der Waals surface area contributed by atoms with Crippen LogP contribution >= 0.6 is 0 Å². The van der Waals surface area contributed by atoms with Crippen LogP contribution in [0, 0.1) is 18.7 Å². The van der Waals surface area contributed by atoms with Crippen LogP contribution in [0.25, 0.3) is 0 Å². The predicted octanol–water partition coefficient (Wildman–Crippen LogP) is 2.00. The molecule has 1 unspecified atom stereocenters. The lowest BCUT2D eigenvalue weighted by Gasteiger charge is -2.17. The Morgan fingerprint density at radius 2 is 2.14 bits per heavy atom. The van der Waals surface area contributed by atoms with Crippen LogP contribution < -0.4 is 4.72 Å². The molecule has 1 aliphatic carbocycles. The van der Waals surface area contributed by atoms with Crippen LogP contribution in [0.3, 0.4) is 0 Å². The zero-order chi connectivity index (χ0) is 16.5. The zero-order valence-electron chi connectivity index (χ0n) is 12.3. The molecule has 8 heteroatoms. The quantitative estimate of drug-likeness (QED) is 0.797. The van der Waals surface area contributed by atoms with E-state index in [9.17, 15) is 17.6 Å². The van der Waals surface area contributed by atoms with Gasteiger partial charge in [-0.2, -0.15) is 0 Å². The Hall–Kier alpha value is -1.67.